The highest BCUT2D eigenvalue weighted by Crippen LogP contribution is 2.45. The first kappa shape index (κ1) is 16.8. The smallest absolute Gasteiger partial charge is 0.308 e. The van der Waals surface area contributed by atoms with Gasteiger partial charge >= 0.3 is 5.97 Å². The van der Waals surface area contributed by atoms with E-state index in [1.807, 2.05) is 0 Å². The van der Waals surface area contributed by atoms with E-state index in [9.17, 15) is 28.4 Å². The molecular formula is C15H18N2O6S. The summed E-state index contributed by atoms with van der Waals surface area (Å²) in [5.41, 5.74) is 0.440. The molecule has 0 spiro atoms. The van der Waals surface area contributed by atoms with Gasteiger partial charge in [-0.15, -0.1) is 0 Å². The molecule has 1 N–H and O–H groups in total. The molecule has 0 aromatic heterocycles. The van der Waals surface area contributed by atoms with Crippen LogP contribution in [0.25, 0.3) is 0 Å². The highest BCUT2D eigenvalue weighted by atomic mass is 32.2. The van der Waals surface area contributed by atoms with Gasteiger partial charge in [0.1, 0.15) is 0 Å². The second-order valence-corrected chi connectivity index (χ2v) is 8.29. The largest absolute Gasteiger partial charge is 0.481 e. The Balaban J connectivity index is 2.05. The Morgan fingerprint density at radius 3 is 2.50 bits per heavy atom. The van der Waals surface area contributed by atoms with Crippen molar-refractivity contribution < 1.29 is 23.2 Å². The number of aliphatic carboxylic acids is 1. The van der Waals surface area contributed by atoms with Crippen molar-refractivity contribution >= 4 is 21.7 Å². The number of carboxylic acids is 1. The Labute approximate surface area is 139 Å². The quantitative estimate of drug-likeness (QED) is 0.651. The van der Waals surface area contributed by atoms with E-state index < -0.39 is 32.9 Å². The number of nitro groups is 1. The molecule has 0 aliphatic carbocycles. The molecule has 2 aliphatic heterocycles. The minimum absolute atomic E-state index is 0.0218. The van der Waals surface area contributed by atoms with E-state index >= 15 is 0 Å². The van der Waals surface area contributed by atoms with Gasteiger partial charge < -0.3 is 5.11 Å². The van der Waals surface area contributed by atoms with Gasteiger partial charge in [-0.3, -0.25) is 14.9 Å². The normalized spacial score (nSPS) is 26.7. The minimum atomic E-state index is -3.89. The lowest BCUT2D eigenvalue weighted by Crippen LogP contribution is -2.38. The molecule has 9 heteroatoms. The third-order valence-electron chi connectivity index (χ3n) is 5.04. The van der Waals surface area contributed by atoms with Crippen LogP contribution in [-0.4, -0.2) is 40.8 Å². The van der Waals surface area contributed by atoms with Crippen LogP contribution in [0.3, 0.4) is 0 Å². The number of rotatable bonds is 4. The van der Waals surface area contributed by atoms with Crippen molar-refractivity contribution in [3.8, 4) is 0 Å². The minimum Gasteiger partial charge on any atom is -0.481 e. The Bertz CT molecular complexity index is 835. The lowest BCUT2D eigenvalue weighted by atomic mass is 9.89. The summed E-state index contributed by atoms with van der Waals surface area (Å²) >= 11 is 0. The summed E-state index contributed by atoms with van der Waals surface area (Å²) in [7, 11) is -3.89. The van der Waals surface area contributed by atoms with Gasteiger partial charge in [0.2, 0.25) is 10.0 Å². The van der Waals surface area contributed by atoms with Gasteiger partial charge in [-0.25, -0.2) is 8.42 Å². The first-order valence-electron chi connectivity index (χ1n) is 7.66. The van der Waals surface area contributed by atoms with Crippen molar-refractivity contribution in [2.24, 2.45) is 5.92 Å². The number of hydrogen-bond donors (Lipinski definition) is 1. The number of carboxylic acid groups (broad SMARTS) is 1. The zero-order chi connectivity index (χ0) is 17.8. The van der Waals surface area contributed by atoms with Crippen molar-refractivity contribution in [3.63, 3.8) is 0 Å². The van der Waals surface area contributed by atoms with Gasteiger partial charge in [0.25, 0.3) is 5.69 Å². The third-order valence-corrected chi connectivity index (χ3v) is 7.16. The Morgan fingerprint density at radius 1 is 1.29 bits per heavy atom. The third kappa shape index (κ3) is 2.39. The average Bonchev–Trinajstić information content (AvgIpc) is 3.07. The molecule has 8 nitrogen and oxygen atoms in total. The lowest BCUT2D eigenvalue weighted by Gasteiger charge is -2.23. The van der Waals surface area contributed by atoms with Crippen molar-refractivity contribution in [3.05, 3.63) is 33.4 Å². The maximum Gasteiger partial charge on any atom is 0.308 e. The topological polar surface area (TPSA) is 118 Å². The Hall–Kier alpha value is -2.00. The molecule has 2 fully saturated rings. The van der Waals surface area contributed by atoms with Crippen LogP contribution < -0.4 is 0 Å². The number of sulfonamides is 1. The van der Waals surface area contributed by atoms with E-state index in [2.05, 4.69) is 0 Å². The van der Waals surface area contributed by atoms with Crippen molar-refractivity contribution in [1.82, 2.24) is 4.31 Å². The summed E-state index contributed by atoms with van der Waals surface area (Å²) in [6.45, 7) is 3.02. The van der Waals surface area contributed by atoms with Crippen LogP contribution in [0.4, 0.5) is 5.69 Å². The Kier molecular flexibility index (Phi) is 3.88. The van der Waals surface area contributed by atoms with E-state index in [4.69, 9.17) is 0 Å². The van der Waals surface area contributed by atoms with Gasteiger partial charge in [0, 0.05) is 23.7 Å². The van der Waals surface area contributed by atoms with Gasteiger partial charge in [-0.2, -0.15) is 4.31 Å². The summed E-state index contributed by atoms with van der Waals surface area (Å²) in [5.74, 6) is -1.66. The first-order chi connectivity index (χ1) is 11.1. The van der Waals surface area contributed by atoms with E-state index in [0.717, 1.165) is 0 Å². The summed E-state index contributed by atoms with van der Waals surface area (Å²) in [6, 6.07) is 1.73. The summed E-state index contributed by atoms with van der Waals surface area (Å²) in [6.07, 6.45) is 1.51. The van der Waals surface area contributed by atoms with E-state index in [-0.39, 0.29) is 22.2 Å². The molecule has 3 unspecified atom stereocenters. The average molecular weight is 354 g/mol. The predicted octanol–water partition coefficient (Wildman–Crippen LogP) is 1.84. The van der Waals surface area contributed by atoms with Crippen molar-refractivity contribution in [2.45, 2.75) is 50.1 Å². The number of nitro benzene ring substituents is 1. The summed E-state index contributed by atoms with van der Waals surface area (Å²) in [4.78, 5) is 21.8. The van der Waals surface area contributed by atoms with Crippen LogP contribution in [0.2, 0.25) is 0 Å². The molecular weight excluding hydrogens is 336 g/mol. The van der Waals surface area contributed by atoms with Gasteiger partial charge in [-0.05, 0) is 44.7 Å². The second kappa shape index (κ2) is 5.52. The fourth-order valence-electron chi connectivity index (χ4n) is 3.94. The van der Waals surface area contributed by atoms with Crippen LogP contribution in [0.15, 0.2) is 17.0 Å². The lowest BCUT2D eigenvalue weighted by molar-refractivity contribution is -0.385. The van der Waals surface area contributed by atoms with Crippen molar-refractivity contribution in [1.29, 1.82) is 0 Å². The molecule has 2 saturated heterocycles. The molecule has 2 bridgehead atoms. The van der Waals surface area contributed by atoms with E-state index in [0.29, 0.717) is 24.8 Å². The van der Waals surface area contributed by atoms with Crippen LogP contribution in [-0.2, 0) is 14.8 Å². The summed E-state index contributed by atoms with van der Waals surface area (Å²) in [5, 5.41) is 20.3. The molecule has 0 saturated carbocycles. The number of fused-ring (bicyclic) bond motifs is 2. The van der Waals surface area contributed by atoms with Crippen LogP contribution in [0.5, 0.6) is 0 Å². The maximum absolute atomic E-state index is 13.1. The van der Waals surface area contributed by atoms with Gasteiger partial charge in [-0.1, -0.05) is 0 Å². The molecule has 2 aliphatic rings. The molecule has 0 radical (unpaired) electrons. The molecule has 3 atom stereocenters. The fourth-order valence-corrected chi connectivity index (χ4v) is 6.15. The molecule has 1 aromatic rings. The zero-order valence-corrected chi connectivity index (χ0v) is 14.1. The predicted molar refractivity (Wildman–Crippen MR) is 84.1 cm³/mol. The molecule has 24 heavy (non-hydrogen) atoms. The van der Waals surface area contributed by atoms with Crippen LogP contribution in [0.1, 0.15) is 30.4 Å². The number of carbonyl (C=O) groups is 1. The molecule has 0 amide bonds. The van der Waals surface area contributed by atoms with Gasteiger partial charge in [0.05, 0.1) is 15.7 Å². The van der Waals surface area contributed by atoms with Crippen molar-refractivity contribution in [2.75, 3.05) is 0 Å². The fraction of sp³-hybridized carbons (Fsp3) is 0.533. The molecule has 2 heterocycles. The number of benzene rings is 1. The zero-order valence-electron chi connectivity index (χ0n) is 13.3. The highest BCUT2D eigenvalue weighted by molar-refractivity contribution is 7.89. The van der Waals surface area contributed by atoms with Gasteiger partial charge in [0.15, 0.2) is 0 Å². The summed E-state index contributed by atoms with van der Waals surface area (Å²) < 4.78 is 27.5. The molecule has 1 aromatic carbocycles. The SMILES string of the molecule is Cc1cc(S(=O)(=O)N2C3CCC2C(C(=O)O)C3)c(C)cc1[N+](=O)[O-]. The maximum atomic E-state index is 13.1. The highest BCUT2D eigenvalue weighted by Gasteiger charge is 2.54. The number of aryl methyl sites for hydroxylation is 2. The van der Waals surface area contributed by atoms with Crippen LogP contribution >= 0.6 is 0 Å². The van der Waals surface area contributed by atoms with Crippen LogP contribution in [0, 0.1) is 29.9 Å². The Morgan fingerprint density at radius 2 is 1.96 bits per heavy atom. The standard InChI is InChI=1S/C15H18N2O6S/c1-8-6-14(9(2)5-13(8)17(20)21)24(22,23)16-10-3-4-12(16)11(7-10)15(18)19/h5-6,10-12H,3-4,7H2,1-2H3,(H,18,19). The van der Waals surface area contributed by atoms with E-state index in [1.165, 1.54) is 30.3 Å². The number of hydrogen-bond acceptors (Lipinski definition) is 5. The molecule has 3 rings (SSSR count). The molecule has 130 valence electrons. The second-order valence-electron chi connectivity index (χ2n) is 6.48. The first-order valence-corrected chi connectivity index (χ1v) is 9.10. The van der Waals surface area contributed by atoms with E-state index in [1.54, 1.807) is 0 Å². The monoisotopic (exact) mass is 354 g/mol. The number of nitrogens with zero attached hydrogens (tertiary/aromatic N) is 2.